The van der Waals surface area contributed by atoms with Crippen molar-refractivity contribution in [1.82, 2.24) is 15.1 Å². The van der Waals surface area contributed by atoms with Crippen LogP contribution in [-0.4, -0.2) is 33.6 Å². The Labute approximate surface area is 119 Å². The molecule has 4 heteroatoms. The second kappa shape index (κ2) is 5.27. The molecule has 1 aliphatic rings. The summed E-state index contributed by atoms with van der Waals surface area (Å²) >= 11 is 0. The molecular weight excluding hydrogens is 250 g/mol. The summed E-state index contributed by atoms with van der Waals surface area (Å²) in [7, 11) is 0. The van der Waals surface area contributed by atoms with E-state index in [0.29, 0.717) is 12.0 Å². The third-order valence-electron chi connectivity index (χ3n) is 3.88. The van der Waals surface area contributed by atoms with Crippen molar-refractivity contribution in [2.24, 2.45) is 5.92 Å². The Morgan fingerprint density at radius 3 is 2.95 bits per heavy atom. The standard InChI is InChI=1S/C16H21N3O/c1-11(2)7-8-19(14-5-6-14)16(20)12-3-4-13-10-17-18-15(13)9-12/h3-4,9-11,14H,5-8H2,1-2H3,(H,17,18). The third kappa shape index (κ3) is 2.69. The number of hydrogen-bond donors (Lipinski definition) is 1. The number of H-pyrrole nitrogens is 1. The number of fused-ring (bicyclic) bond motifs is 1. The first-order chi connectivity index (χ1) is 9.65. The summed E-state index contributed by atoms with van der Waals surface area (Å²) in [5.74, 6) is 0.781. The van der Waals surface area contributed by atoms with E-state index in [4.69, 9.17) is 0 Å². The number of aromatic amines is 1. The second-order valence-electron chi connectivity index (χ2n) is 6.08. The maximum atomic E-state index is 12.7. The molecule has 0 aliphatic heterocycles. The van der Waals surface area contributed by atoms with E-state index in [0.717, 1.165) is 42.3 Å². The van der Waals surface area contributed by atoms with Gasteiger partial charge in [0.15, 0.2) is 0 Å². The molecule has 106 valence electrons. The average molecular weight is 271 g/mol. The van der Waals surface area contributed by atoms with Crippen LogP contribution in [0.2, 0.25) is 0 Å². The normalized spacial score (nSPS) is 14.9. The van der Waals surface area contributed by atoms with Gasteiger partial charge in [0, 0.05) is 23.5 Å². The Kier molecular flexibility index (Phi) is 3.47. The summed E-state index contributed by atoms with van der Waals surface area (Å²) in [6.45, 7) is 5.26. The fourth-order valence-corrected chi connectivity index (χ4v) is 2.47. The van der Waals surface area contributed by atoms with Crippen molar-refractivity contribution in [2.75, 3.05) is 6.54 Å². The molecule has 4 nitrogen and oxygen atoms in total. The number of aromatic nitrogens is 2. The molecule has 1 saturated carbocycles. The summed E-state index contributed by atoms with van der Waals surface area (Å²) in [5, 5.41) is 7.98. The molecule has 0 saturated heterocycles. The van der Waals surface area contributed by atoms with E-state index in [1.54, 1.807) is 6.20 Å². The molecule has 1 aromatic heterocycles. The number of rotatable bonds is 5. The second-order valence-corrected chi connectivity index (χ2v) is 6.08. The lowest BCUT2D eigenvalue weighted by atomic mass is 10.1. The Hall–Kier alpha value is -1.84. The molecule has 0 atom stereocenters. The van der Waals surface area contributed by atoms with E-state index in [-0.39, 0.29) is 5.91 Å². The molecule has 0 radical (unpaired) electrons. The van der Waals surface area contributed by atoms with Crippen molar-refractivity contribution >= 4 is 16.8 Å². The van der Waals surface area contributed by atoms with E-state index in [1.807, 2.05) is 18.2 Å². The molecule has 1 heterocycles. The molecule has 2 aromatic rings. The van der Waals surface area contributed by atoms with Gasteiger partial charge < -0.3 is 4.90 Å². The minimum absolute atomic E-state index is 0.157. The van der Waals surface area contributed by atoms with Crippen molar-refractivity contribution in [2.45, 2.75) is 39.2 Å². The molecule has 1 amide bonds. The van der Waals surface area contributed by atoms with Crippen LogP contribution in [0, 0.1) is 5.92 Å². The minimum Gasteiger partial charge on any atom is -0.336 e. The lowest BCUT2D eigenvalue weighted by Gasteiger charge is -2.23. The molecule has 0 spiro atoms. The van der Waals surface area contributed by atoms with Gasteiger partial charge in [0.25, 0.3) is 5.91 Å². The molecule has 0 unspecified atom stereocenters. The SMILES string of the molecule is CC(C)CCN(C(=O)c1ccc2cn[nH]c2c1)C1CC1. The van der Waals surface area contributed by atoms with Crippen LogP contribution in [0.1, 0.15) is 43.5 Å². The van der Waals surface area contributed by atoms with Crippen molar-refractivity contribution in [3.8, 4) is 0 Å². The molecule has 1 aromatic carbocycles. The number of carbonyl (C=O) groups excluding carboxylic acids is 1. The van der Waals surface area contributed by atoms with Crippen LogP contribution in [0.25, 0.3) is 10.9 Å². The molecule has 0 bridgehead atoms. The fourth-order valence-electron chi connectivity index (χ4n) is 2.47. The van der Waals surface area contributed by atoms with Crippen molar-refractivity contribution in [3.05, 3.63) is 30.0 Å². The van der Waals surface area contributed by atoms with Crippen molar-refractivity contribution < 1.29 is 4.79 Å². The number of nitrogens with zero attached hydrogens (tertiary/aromatic N) is 2. The van der Waals surface area contributed by atoms with Gasteiger partial charge in [-0.05, 0) is 37.3 Å². The van der Waals surface area contributed by atoms with E-state index in [1.165, 1.54) is 0 Å². The summed E-state index contributed by atoms with van der Waals surface area (Å²) in [5.41, 5.74) is 1.69. The van der Waals surface area contributed by atoms with E-state index >= 15 is 0 Å². The van der Waals surface area contributed by atoms with Crippen LogP contribution in [0.3, 0.4) is 0 Å². The van der Waals surface area contributed by atoms with Crippen LogP contribution in [0.15, 0.2) is 24.4 Å². The van der Waals surface area contributed by atoms with E-state index in [2.05, 4.69) is 28.9 Å². The monoisotopic (exact) mass is 271 g/mol. The van der Waals surface area contributed by atoms with Gasteiger partial charge in [-0.2, -0.15) is 5.10 Å². The van der Waals surface area contributed by atoms with Crippen LogP contribution >= 0.6 is 0 Å². The maximum Gasteiger partial charge on any atom is 0.254 e. The van der Waals surface area contributed by atoms with Gasteiger partial charge in [-0.1, -0.05) is 19.9 Å². The van der Waals surface area contributed by atoms with Crippen LogP contribution < -0.4 is 0 Å². The average Bonchev–Trinajstić information content (AvgIpc) is 3.15. The predicted octanol–water partition coefficient (Wildman–Crippen LogP) is 3.21. The Morgan fingerprint density at radius 1 is 1.45 bits per heavy atom. The van der Waals surface area contributed by atoms with Crippen LogP contribution in [0.4, 0.5) is 0 Å². The molecule has 1 aliphatic carbocycles. The first-order valence-electron chi connectivity index (χ1n) is 7.39. The predicted molar refractivity (Wildman–Crippen MR) is 79.6 cm³/mol. The van der Waals surface area contributed by atoms with E-state index in [9.17, 15) is 4.79 Å². The number of carbonyl (C=O) groups is 1. The highest BCUT2D eigenvalue weighted by Crippen LogP contribution is 2.29. The summed E-state index contributed by atoms with van der Waals surface area (Å²) in [6, 6.07) is 6.23. The third-order valence-corrected chi connectivity index (χ3v) is 3.88. The zero-order valence-corrected chi connectivity index (χ0v) is 12.1. The Bertz CT molecular complexity index is 613. The fraction of sp³-hybridized carbons (Fsp3) is 0.500. The lowest BCUT2D eigenvalue weighted by Crippen LogP contribution is -2.34. The Morgan fingerprint density at radius 2 is 2.25 bits per heavy atom. The van der Waals surface area contributed by atoms with Crippen molar-refractivity contribution in [3.63, 3.8) is 0 Å². The quantitative estimate of drug-likeness (QED) is 0.907. The van der Waals surface area contributed by atoms with Gasteiger partial charge in [-0.25, -0.2) is 0 Å². The summed E-state index contributed by atoms with van der Waals surface area (Å²) in [6.07, 6.45) is 5.14. The van der Waals surface area contributed by atoms with Gasteiger partial charge in [-0.15, -0.1) is 0 Å². The zero-order chi connectivity index (χ0) is 14.1. The molecule has 20 heavy (non-hydrogen) atoms. The Balaban J connectivity index is 1.80. The highest BCUT2D eigenvalue weighted by molar-refractivity contribution is 5.98. The van der Waals surface area contributed by atoms with E-state index < -0.39 is 0 Å². The zero-order valence-electron chi connectivity index (χ0n) is 12.1. The highest BCUT2D eigenvalue weighted by Gasteiger charge is 2.32. The number of amides is 1. The van der Waals surface area contributed by atoms with Crippen molar-refractivity contribution in [1.29, 1.82) is 0 Å². The smallest absolute Gasteiger partial charge is 0.254 e. The summed E-state index contributed by atoms with van der Waals surface area (Å²) in [4.78, 5) is 14.7. The van der Waals surface area contributed by atoms with Gasteiger partial charge in [0.2, 0.25) is 0 Å². The van der Waals surface area contributed by atoms with Crippen LogP contribution in [0.5, 0.6) is 0 Å². The molecule has 1 N–H and O–H groups in total. The van der Waals surface area contributed by atoms with Gasteiger partial charge >= 0.3 is 0 Å². The van der Waals surface area contributed by atoms with Crippen LogP contribution in [-0.2, 0) is 0 Å². The van der Waals surface area contributed by atoms with Gasteiger partial charge in [0.1, 0.15) is 0 Å². The number of nitrogens with one attached hydrogen (secondary N) is 1. The maximum absolute atomic E-state index is 12.7. The first-order valence-corrected chi connectivity index (χ1v) is 7.39. The first kappa shape index (κ1) is 13.2. The molecule has 3 rings (SSSR count). The highest BCUT2D eigenvalue weighted by atomic mass is 16.2. The molecule has 1 fully saturated rings. The minimum atomic E-state index is 0.157. The number of benzene rings is 1. The lowest BCUT2D eigenvalue weighted by molar-refractivity contribution is 0.0735. The molecular formula is C16H21N3O. The van der Waals surface area contributed by atoms with Gasteiger partial charge in [-0.3, -0.25) is 9.89 Å². The topological polar surface area (TPSA) is 49.0 Å². The summed E-state index contributed by atoms with van der Waals surface area (Å²) < 4.78 is 0. The number of hydrogen-bond acceptors (Lipinski definition) is 2. The van der Waals surface area contributed by atoms with Gasteiger partial charge in [0.05, 0.1) is 11.7 Å². The largest absolute Gasteiger partial charge is 0.336 e.